The van der Waals surface area contributed by atoms with Crippen molar-refractivity contribution >= 4 is 23.2 Å². The van der Waals surface area contributed by atoms with Crippen molar-refractivity contribution in [3.8, 4) is 5.75 Å². The van der Waals surface area contributed by atoms with Gasteiger partial charge in [-0.2, -0.15) is 0 Å². The molecule has 0 bridgehead atoms. The average molecular weight is 424 g/mol. The molecule has 1 aliphatic heterocycles. The molecule has 6 heteroatoms. The third-order valence-electron chi connectivity index (χ3n) is 5.89. The highest BCUT2D eigenvalue weighted by Crippen LogP contribution is 2.27. The first-order valence-electron chi connectivity index (χ1n) is 11.2. The molecule has 0 aliphatic carbocycles. The predicted octanol–water partition coefficient (Wildman–Crippen LogP) is 4.28. The molecule has 1 saturated heterocycles. The van der Waals surface area contributed by atoms with Gasteiger partial charge in [-0.05, 0) is 42.2 Å². The molecule has 31 heavy (non-hydrogen) atoms. The van der Waals surface area contributed by atoms with E-state index in [2.05, 4.69) is 36.2 Å². The molecule has 1 heterocycles. The van der Waals surface area contributed by atoms with Crippen LogP contribution in [0.5, 0.6) is 5.75 Å². The topological polar surface area (TPSA) is 61.9 Å². The molecular weight excluding hydrogens is 390 g/mol. The van der Waals surface area contributed by atoms with Crippen molar-refractivity contribution in [3.05, 3.63) is 54.1 Å². The molecule has 1 N–H and O–H groups in total. The smallest absolute Gasteiger partial charge is 0.262 e. The van der Waals surface area contributed by atoms with Crippen molar-refractivity contribution < 1.29 is 14.3 Å². The summed E-state index contributed by atoms with van der Waals surface area (Å²) in [7, 11) is 0. The number of carbonyl (C=O) groups is 2. The molecule has 2 amide bonds. The summed E-state index contributed by atoms with van der Waals surface area (Å²) in [4.78, 5) is 28.5. The molecule has 2 aromatic rings. The van der Waals surface area contributed by atoms with Gasteiger partial charge in [0, 0.05) is 32.6 Å². The predicted molar refractivity (Wildman–Crippen MR) is 125 cm³/mol. The van der Waals surface area contributed by atoms with Gasteiger partial charge in [0.25, 0.3) is 5.91 Å². The van der Waals surface area contributed by atoms with E-state index in [-0.39, 0.29) is 18.4 Å². The summed E-state index contributed by atoms with van der Waals surface area (Å²) in [6.07, 6.45) is 1.62. The Bertz CT molecular complexity index is 874. The summed E-state index contributed by atoms with van der Waals surface area (Å²) in [6, 6.07) is 15.7. The minimum absolute atomic E-state index is 0.0458. The molecular formula is C25H33N3O3. The third-order valence-corrected chi connectivity index (χ3v) is 5.89. The highest BCUT2D eigenvalue weighted by Gasteiger charge is 2.22. The number of rotatable bonds is 8. The SMILES string of the molecule is CCC(=O)N1CCN(c2ccccc2NC(=O)COc2ccc(C(C)CC)cc2)CC1. The van der Waals surface area contributed by atoms with Gasteiger partial charge in [0.2, 0.25) is 5.91 Å². The van der Waals surface area contributed by atoms with Crippen LogP contribution in [0.15, 0.2) is 48.5 Å². The Morgan fingerprint density at radius 2 is 1.68 bits per heavy atom. The monoisotopic (exact) mass is 423 g/mol. The fraction of sp³-hybridized carbons (Fsp3) is 0.440. The maximum absolute atomic E-state index is 12.5. The Morgan fingerprint density at radius 1 is 1.00 bits per heavy atom. The van der Waals surface area contributed by atoms with Gasteiger partial charge >= 0.3 is 0 Å². The molecule has 1 aliphatic rings. The van der Waals surface area contributed by atoms with Gasteiger partial charge in [0.05, 0.1) is 11.4 Å². The Kier molecular flexibility index (Phi) is 7.93. The Morgan fingerprint density at radius 3 is 2.32 bits per heavy atom. The number of nitrogens with one attached hydrogen (secondary N) is 1. The number of para-hydroxylation sites is 2. The number of piperazine rings is 1. The lowest BCUT2D eigenvalue weighted by Gasteiger charge is -2.36. The van der Waals surface area contributed by atoms with Crippen LogP contribution in [0, 0.1) is 0 Å². The van der Waals surface area contributed by atoms with Crippen LogP contribution in [0.4, 0.5) is 11.4 Å². The molecule has 166 valence electrons. The molecule has 1 unspecified atom stereocenters. The van der Waals surface area contributed by atoms with Gasteiger partial charge in [-0.25, -0.2) is 0 Å². The number of carbonyl (C=O) groups excluding carboxylic acids is 2. The summed E-state index contributed by atoms with van der Waals surface area (Å²) >= 11 is 0. The Labute approximate surface area is 185 Å². The van der Waals surface area contributed by atoms with Gasteiger partial charge in [0.15, 0.2) is 6.61 Å². The molecule has 0 spiro atoms. The summed E-state index contributed by atoms with van der Waals surface area (Å²) in [5.41, 5.74) is 3.00. The maximum Gasteiger partial charge on any atom is 0.262 e. The van der Waals surface area contributed by atoms with E-state index in [9.17, 15) is 9.59 Å². The number of anilines is 2. The summed E-state index contributed by atoms with van der Waals surface area (Å²) < 4.78 is 5.68. The highest BCUT2D eigenvalue weighted by atomic mass is 16.5. The van der Waals surface area contributed by atoms with Crippen LogP contribution in [0.25, 0.3) is 0 Å². The van der Waals surface area contributed by atoms with Crippen molar-refractivity contribution in [1.29, 1.82) is 0 Å². The van der Waals surface area contributed by atoms with E-state index in [0.29, 0.717) is 31.2 Å². The first-order chi connectivity index (χ1) is 15.0. The zero-order valence-electron chi connectivity index (χ0n) is 18.8. The minimum Gasteiger partial charge on any atom is -0.484 e. The Balaban J connectivity index is 1.56. The number of ether oxygens (including phenoxy) is 1. The lowest BCUT2D eigenvalue weighted by Crippen LogP contribution is -2.48. The molecule has 1 atom stereocenters. The lowest BCUT2D eigenvalue weighted by molar-refractivity contribution is -0.131. The van der Waals surface area contributed by atoms with Crippen molar-refractivity contribution in [2.75, 3.05) is 43.0 Å². The van der Waals surface area contributed by atoms with Gasteiger partial charge in [-0.15, -0.1) is 0 Å². The van der Waals surface area contributed by atoms with Crippen LogP contribution in [-0.2, 0) is 9.59 Å². The molecule has 0 radical (unpaired) electrons. The van der Waals surface area contributed by atoms with E-state index in [0.717, 1.165) is 30.9 Å². The van der Waals surface area contributed by atoms with E-state index >= 15 is 0 Å². The normalized spacial score (nSPS) is 14.8. The van der Waals surface area contributed by atoms with E-state index in [1.54, 1.807) is 0 Å². The van der Waals surface area contributed by atoms with E-state index < -0.39 is 0 Å². The van der Waals surface area contributed by atoms with Gasteiger partial charge < -0.3 is 19.9 Å². The fourth-order valence-corrected chi connectivity index (χ4v) is 3.74. The highest BCUT2D eigenvalue weighted by molar-refractivity contribution is 5.95. The van der Waals surface area contributed by atoms with Gasteiger partial charge in [0.1, 0.15) is 5.75 Å². The Hall–Kier alpha value is -3.02. The molecule has 0 saturated carbocycles. The first kappa shape index (κ1) is 22.7. The second kappa shape index (κ2) is 10.8. The van der Waals surface area contributed by atoms with Crippen LogP contribution in [0.1, 0.15) is 45.1 Å². The molecule has 2 aromatic carbocycles. The molecule has 6 nitrogen and oxygen atoms in total. The largest absolute Gasteiger partial charge is 0.484 e. The van der Waals surface area contributed by atoms with Gasteiger partial charge in [-0.3, -0.25) is 9.59 Å². The van der Waals surface area contributed by atoms with E-state index in [1.807, 2.05) is 48.2 Å². The number of amides is 2. The summed E-state index contributed by atoms with van der Waals surface area (Å²) in [5, 5.41) is 2.98. The number of nitrogens with zero attached hydrogens (tertiary/aromatic N) is 2. The summed E-state index contributed by atoms with van der Waals surface area (Å²) in [5.74, 6) is 1.19. The molecule has 0 aromatic heterocycles. The van der Waals surface area contributed by atoms with Crippen LogP contribution in [0.2, 0.25) is 0 Å². The van der Waals surface area contributed by atoms with Crippen LogP contribution in [-0.4, -0.2) is 49.5 Å². The van der Waals surface area contributed by atoms with Crippen molar-refractivity contribution in [3.63, 3.8) is 0 Å². The standard InChI is InChI=1S/C25H33N3O3/c1-4-19(3)20-10-12-21(13-11-20)31-18-24(29)26-22-8-6-7-9-23(22)27-14-16-28(17-15-27)25(30)5-2/h6-13,19H,4-5,14-18H2,1-3H3,(H,26,29). The summed E-state index contributed by atoms with van der Waals surface area (Å²) in [6.45, 7) is 9.10. The van der Waals surface area contributed by atoms with Crippen molar-refractivity contribution in [1.82, 2.24) is 4.90 Å². The van der Waals surface area contributed by atoms with Gasteiger partial charge in [-0.1, -0.05) is 45.0 Å². The van der Waals surface area contributed by atoms with E-state index in [1.165, 1.54) is 5.56 Å². The zero-order valence-corrected chi connectivity index (χ0v) is 18.8. The first-order valence-corrected chi connectivity index (χ1v) is 11.2. The second-order valence-corrected chi connectivity index (χ2v) is 7.95. The average Bonchev–Trinajstić information content (AvgIpc) is 2.82. The van der Waals surface area contributed by atoms with Crippen molar-refractivity contribution in [2.24, 2.45) is 0 Å². The minimum atomic E-state index is -0.196. The molecule has 3 rings (SSSR count). The van der Waals surface area contributed by atoms with Crippen LogP contribution < -0.4 is 15.0 Å². The fourth-order valence-electron chi connectivity index (χ4n) is 3.74. The van der Waals surface area contributed by atoms with Crippen LogP contribution >= 0.6 is 0 Å². The quantitative estimate of drug-likeness (QED) is 0.689. The third kappa shape index (κ3) is 6.00. The maximum atomic E-state index is 12.5. The molecule has 1 fully saturated rings. The number of hydrogen-bond donors (Lipinski definition) is 1. The number of benzene rings is 2. The van der Waals surface area contributed by atoms with Crippen molar-refractivity contribution in [2.45, 2.75) is 39.5 Å². The van der Waals surface area contributed by atoms with Crippen LogP contribution in [0.3, 0.4) is 0 Å². The van der Waals surface area contributed by atoms with E-state index in [4.69, 9.17) is 4.74 Å². The second-order valence-electron chi connectivity index (χ2n) is 7.95. The number of hydrogen-bond acceptors (Lipinski definition) is 4. The lowest BCUT2D eigenvalue weighted by atomic mass is 9.99. The zero-order chi connectivity index (χ0) is 22.2.